The van der Waals surface area contributed by atoms with Crippen molar-refractivity contribution in [1.29, 1.82) is 0 Å². The topological polar surface area (TPSA) is 53.1 Å². The Balaban J connectivity index is 2.62. The van der Waals surface area contributed by atoms with Crippen LogP contribution in [0.3, 0.4) is 0 Å². The molecular weight excluding hydrogens is 226 g/mol. The maximum absolute atomic E-state index is 5.97. The number of halogens is 1. The highest BCUT2D eigenvalue weighted by Gasteiger charge is 2.11. The van der Waals surface area contributed by atoms with Crippen LogP contribution in [0.15, 0.2) is 24.4 Å². The Morgan fingerprint density at radius 3 is 2.75 bits per heavy atom. The SMILES string of the molecule is COc1ccc(Cl)cc1-c1cnc(N)n1C. The normalized spacial score (nSPS) is 10.4. The predicted octanol–water partition coefficient (Wildman–Crippen LogP) is 2.33. The van der Waals surface area contributed by atoms with Crippen molar-refractivity contribution in [1.82, 2.24) is 9.55 Å². The van der Waals surface area contributed by atoms with Gasteiger partial charge in [-0.2, -0.15) is 0 Å². The van der Waals surface area contributed by atoms with E-state index in [0.29, 0.717) is 11.0 Å². The first-order valence-corrected chi connectivity index (χ1v) is 5.12. The van der Waals surface area contributed by atoms with E-state index in [1.807, 2.05) is 19.2 Å². The summed E-state index contributed by atoms with van der Waals surface area (Å²) in [6.07, 6.45) is 1.70. The molecule has 84 valence electrons. The van der Waals surface area contributed by atoms with E-state index in [2.05, 4.69) is 4.98 Å². The summed E-state index contributed by atoms with van der Waals surface area (Å²) in [7, 11) is 3.46. The van der Waals surface area contributed by atoms with Crippen molar-refractivity contribution >= 4 is 17.5 Å². The number of benzene rings is 1. The Morgan fingerprint density at radius 1 is 1.44 bits per heavy atom. The number of nitrogen functional groups attached to an aromatic ring is 1. The molecule has 0 unspecified atom stereocenters. The highest BCUT2D eigenvalue weighted by molar-refractivity contribution is 6.30. The first-order chi connectivity index (χ1) is 7.63. The van der Waals surface area contributed by atoms with Gasteiger partial charge in [-0.1, -0.05) is 11.6 Å². The highest BCUT2D eigenvalue weighted by Crippen LogP contribution is 2.32. The lowest BCUT2D eigenvalue weighted by atomic mass is 10.1. The summed E-state index contributed by atoms with van der Waals surface area (Å²) in [6, 6.07) is 5.43. The molecular formula is C11H12ClN3O. The second-order valence-electron chi connectivity index (χ2n) is 3.41. The lowest BCUT2D eigenvalue weighted by Crippen LogP contribution is -1.99. The van der Waals surface area contributed by atoms with Crippen molar-refractivity contribution in [3.8, 4) is 17.0 Å². The van der Waals surface area contributed by atoms with Crippen molar-refractivity contribution in [2.45, 2.75) is 0 Å². The monoisotopic (exact) mass is 237 g/mol. The molecule has 0 fully saturated rings. The van der Waals surface area contributed by atoms with Gasteiger partial charge in [0, 0.05) is 17.6 Å². The number of methoxy groups -OCH3 is 1. The molecule has 2 aromatic rings. The molecule has 2 N–H and O–H groups in total. The van der Waals surface area contributed by atoms with Gasteiger partial charge >= 0.3 is 0 Å². The standard InChI is InChI=1S/C11H12ClN3O/c1-15-9(6-14-11(15)13)8-5-7(12)3-4-10(8)16-2/h3-6H,1-2H3,(H2,13,14). The third-order valence-corrected chi connectivity index (χ3v) is 2.70. The van der Waals surface area contributed by atoms with E-state index in [-0.39, 0.29) is 0 Å². The lowest BCUT2D eigenvalue weighted by Gasteiger charge is -2.09. The number of anilines is 1. The van der Waals surface area contributed by atoms with Gasteiger partial charge < -0.3 is 15.0 Å². The highest BCUT2D eigenvalue weighted by atomic mass is 35.5. The molecule has 0 radical (unpaired) electrons. The summed E-state index contributed by atoms with van der Waals surface area (Å²) in [6.45, 7) is 0. The fourth-order valence-corrected chi connectivity index (χ4v) is 1.73. The molecule has 0 saturated heterocycles. The first-order valence-electron chi connectivity index (χ1n) is 4.74. The molecule has 1 aromatic carbocycles. The molecule has 1 heterocycles. The Kier molecular flexibility index (Phi) is 2.75. The number of rotatable bonds is 2. The van der Waals surface area contributed by atoms with E-state index in [0.717, 1.165) is 17.0 Å². The number of ether oxygens (including phenoxy) is 1. The van der Waals surface area contributed by atoms with Gasteiger partial charge in [0.05, 0.1) is 19.0 Å². The molecule has 0 atom stereocenters. The van der Waals surface area contributed by atoms with Crippen LogP contribution in [0.25, 0.3) is 11.3 Å². The Bertz CT molecular complexity index is 522. The number of nitrogens with zero attached hydrogens (tertiary/aromatic N) is 2. The number of hydrogen-bond donors (Lipinski definition) is 1. The zero-order valence-electron chi connectivity index (χ0n) is 9.07. The largest absolute Gasteiger partial charge is 0.496 e. The van der Waals surface area contributed by atoms with Gasteiger partial charge in [0.25, 0.3) is 0 Å². The van der Waals surface area contributed by atoms with E-state index in [9.17, 15) is 0 Å². The molecule has 16 heavy (non-hydrogen) atoms. The molecule has 0 bridgehead atoms. The van der Waals surface area contributed by atoms with Crippen LogP contribution in [0.4, 0.5) is 5.95 Å². The maximum Gasteiger partial charge on any atom is 0.200 e. The van der Waals surface area contributed by atoms with Crippen LogP contribution < -0.4 is 10.5 Å². The number of nitrogens with two attached hydrogens (primary N) is 1. The molecule has 4 nitrogen and oxygen atoms in total. The predicted molar refractivity (Wildman–Crippen MR) is 64.6 cm³/mol. The van der Waals surface area contributed by atoms with Crippen molar-refractivity contribution in [2.24, 2.45) is 7.05 Å². The van der Waals surface area contributed by atoms with E-state index in [1.165, 1.54) is 0 Å². The van der Waals surface area contributed by atoms with Gasteiger partial charge in [-0.3, -0.25) is 0 Å². The van der Waals surface area contributed by atoms with Crippen LogP contribution in [-0.4, -0.2) is 16.7 Å². The summed E-state index contributed by atoms with van der Waals surface area (Å²) in [4.78, 5) is 4.04. The smallest absolute Gasteiger partial charge is 0.200 e. The van der Waals surface area contributed by atoms with Gasteiger partial charge in [-0.15, -0.1) is 0 Å². The molecule has 2 rings (SSSR count). The molecule has 0 amide bonds. The second-order valence-corrected chi connectivity index (χ2v) is 3.84. The fraction of sp³-hybridized carbons (Fsp3) is 0.182. The molecule has 0 aliphatic carbocycles. The zero-order chi connectivity index (χ0) is 11.7. The molecule has 1 aromatic heterocycles. The molecule has 0 aliphatic rings. The third-order valence-electron chi connectivity index (χ3n) is 2.46. The average molecular weight is 238 g/mol. The van der Waals surface area contributed by atoms with Crippen molar-refractivity contribution < 1.29 is 4.74 Å². The van der Waals surface area contributed by atoms with Crippen molar-refractivity contribution in [3.05, 3.63) is 29.4 Å². The molecule has 5 heteroatoms. The van der Waals surface area contributed by atoms with Crippen LogP contribution in [0.1, 0.15) is 0 Å². The summed E-state index contributed by atoms with van der Waals surface area (Å²) in [5.74, 6) is 1.20. The molecule has 0 spiro atoms. The summed E-state index contributed by atoms with van der Waals surface area (Å²) >= 11 is 5.97. The van der Waals surface area contributed by atoms with Gasteiger partial charge in [-0.25, -0.2) is 4.98 Å². The van der Waals surface area contributed by atoms with Gasteiger partial charge in [-0.05, 0) is 18.2 Å². The van der Waals surface area contributed by atoms with Gasteiger partial charge in [0.2, 0.25) is 0 Å². The minimum Gasteiger partial charge on any atom is -0.496 e. The number of hydrogen-bond acceptors (Lipinski definition) is 3. The molecule has 0 aliphatic heterocycles. The summed E-state index contributed by atoms with van der Waals surface area (Å²) < 4.78 is 7.06. The van der Waals surface area contributed by atoms with E-state index < -0.39 is 0 Å². The quantitative estimate of drug-likeness (QED) is 0.872. The minimum atomic E-state index is 0.456. The zero-order valence-corrected chi connectivity index (χ0v) is 9.82. The van der Waals surface area contributed by atoms with E-state index in [1.54, 1.807) is 23.9 Å². The Labute approximate surface area is 98.6 Å². The summed E-state index contributed by atoms with van der Waals surface area (Å²) in [5, 5.41) is 0.649. The van der Waals surface area contributed by atoms with E-state index in [4.69, 9.17) is 22.1 Å². The van der Waals surface area contributed by atoms with Crippen LogP contribution >= 0.6 is 11.6 Å². The van der Waals surface area contributed by atoms with Crippen LogP contribution in [-0.2, 0) is 7.05 Å². The lowest BCUT2D eigenvalue weighted by molar-refractivity contribution is 0.416. The number of aromatic nitrogens is 2. The van der Waals surface area contributed by atoms with Crippen LogP contribution in [0.2, 0.25) is 5.02 Å². The van der Waals surface area contributed by atoms with Crippen LogP contribution in [0.5, 0.6) is 5.75 Å². The maximum atomic E-state index is 5.97. The summed E-state index contributed by atoms with van der Waals surface area (Å²) in [5.41, 5.74) is 7.43. The van der Waals surface area contributed by atoms with E-state index >= 15 is 0 Å². The van der Waals surface area contributed by atoms with Gasteiger partial charge in [0.1, 0.15) is 5.75 Å². The van der Waals surface area contributed by atoms with Crippen molar-refractivity contribution in [2.75, 3.05) is 12.8 Å². The minimum absolute atomic E-state index is 0.456. The van der Waals surface area contributed by atoms with Crippen molar-refractivity contribution in [3.63, 3.8) is 0 Å². The second kappa shape index (κ2) is 4.06. The average Bonchev–Trinajstić information content (AvgIpc) is 2.60. The van der Waals surface area contributed by atoms with Gasteiger partial charge in [0.15, 0.2) is 5.95 Å². The fourth-order valence-electron chi connectivity index (χ4n) is 1.55. The Hall–Kier alpha value is -1.68. The molecule has 0 saturated carbocycles. The van der Waals surface area contributed by atoms with Crippen LogP contribution in [0, 0.1) is 0 Å². The Morgan fingerprint density at radius 2 is 2.19 bits per heavy atom. The third kappa shape index (κ3) is 1.72. The number of imidazole rings is 1. The first kappa shape index (κ1) is 10.8.